The molecule has 0 aromatic heterocycles. The fourth-order valence-corrected chi connectivity index (χ4v) is 1.58. The Balaban J connectivity index is 3.52. The van der Waals surface area contributed by atoms with E-state index in [1.165, 1.54) is 0 Å². The molecule has 0 heterocycles. The van der Waals surface area contributed by atoms with Gasteiger partial charge in [-0.05, 0) is 11.8 Å². The first-order valence-electron chi connectivity index (χ1n) is 7.45. The minimum atomic E-state index is -0.329. The van der Waals surface area contributed by atoms with E-state index in [-0.39, 0.29) is 11.3 Å². The quantitative estimate of drug-likeness (QED) is 0.644. The van der Waals surface area contributed by atoms with Crippen molar-refractivity contribution in [3.05, 3.63) is 0 Å². The van der Waals surface area contributed by atoms with E-state index in [1.54, 1.807) is 4.90 Å². The van der Waals surface area contributed by atoms with E-state index in [4.69, 9.17) is 9.47 Å². The molecule has 1 amide bonds. The van der Waals surface area contributed by atoms with E-state index in [0.29, 0.717) is 31.8 Å². The van der Waals surface area contributed by atoms with Crippen LogP contribution in [0.15, 0.2) is 0 Å². The molecule has 0 aliphatic carbocycles. The van der Waals surface area contributed by atoms with Crippen molar-refractivity contribution in [2.24, 2.45) is 10.8 Å². The van der Waals surface area contributed by atoms with Crippen molar-refractivity contribution >= 4 is 5.91 Å². The van der Waals surface area contributed by atoms with Crippen LogP contribution in [0.5, 0.6) is 0 Å². The number of nitrogens with zero attached hydrogens (tertiary/aromatic N) is 1. The third-order valence-electron chi connectivity index (χ3n) is 2.93. The Kier molecular flexibility index (Phi) is 8.36. The maximum Gasteiger partial charge on any atom is 0.227 e. The van der Waals surface area contributed by atoms with Crippen molar-refractivity contribution in [3.8, 4) is 0 Å². The van der Waals surface area contributed by atoms with Gasteiger partial charge in [-0.3, -0.25) is 4.79 Å². The normalized spacial score (nSPS) is 12.6. The lowest BCUT2D eigenvalue weighted by Crippen LogP contribution is -2.38. The molecule has 0 N–H and O–H groups in total. The second-order valence-electron chi connectivity index (χ2n) is 7.51. The van der Waals surface area contributed by atoms with E-state index in [2.05, 4.69) is 20.8 Å². The number of rotatable bonds is 8. The molecule has 0 rings (SSSR count). The Bertz CT molecular complexity index is 276. The van der Waals surface area contributed by atoms with Gasteiger partial charge < -0.3 is 14.4 Å². The fraction of sp³-hybridized carbons (Fsp3) is 0.938. The highest BCUT2D eigenvalue weighted by Crippen LogP contribution is 2.17. The lowest BCUT2D eigenvalue weighted by molar-refractivity contribution is -0.138. The third-order valence-corrected chi connectivity index (χ3v) is 2.93. The van der Waals surface area contributed by atoms with Crippen LogP contribution in [-0.4, -0.2) is 50.8 Å². The smallest absolute Gasteiger partial charge is 0.227 e. The predicted octanol–water partition coefficient (Wildman–Crippen LogP) is 2.96. The standard InChI is InChI=1S/C16H33NO3/c1-15(2,3)8-10-19-12-13-20-11-9-17(7)14(18)16(4,5)6/h8-13H2,1-7H3. The van der Waals surface area contributed by atoms with E-state index in [0.717, 1.165) is 13.0 Å². The second-order valence-corrected chi connectivity index (χ2v) is 7.51. The van der Waals surface area contributed by atoms with Gasteiger partial charge in [0.1, 0.15) is 0 Å². The summed E-state index contributed by atoms with van der Waals surface area (Å²) in [5.74, 6) is 0.141. The van der Waals surface area contributed by atoms with E-state index in [9.17, 15) is 4.79 Å². The summed E-state index contributed by atoms with van der Waals surface area (Å²) >= 11 is 0. The number of carbonyl (C=O) groups excluding carboxylic acids is 1. The molecule has 120 valence electrons. The molecule has 0 aromatic carbocycles. The van der Waals surface area contributed by atoms with Crippen molar-refractivity contribution in [2.45, 2.75) is 48.0 Å². The van der Waals surface area contributed by atoms with Gasteiger partial charge in [-0.25, -0.2) is 0 Å². The number of ether oxygens (including phenoxy) is 2. The molecule has 0 saturated heterocycles. The Labute approximate surface area is 124 Å². The Morgan fingerprint density at radius 2 is 1.40 bits per heavy atom. The first-order chi connectivity index (χ1) is 9.04. The molecular weight excluding hydrogens is 254 g/mol. The first kappa shape index (κ1) is 19.4. The average Bonchev–Trinajstić information content (AvgIpc) is 2.28. The van der Waals surface area contributed by atoms with Crippen molar-refractivity contribution in [1.82, 2.24) is 4.90 Å². The highest BCUT2D eigenvalue weighted by molar-refractivity contribution is 5.81. The third kappa shape index (κ3) is 10.2. The number of hydrogen-bond acceptors (Lipinski definition) is 3. The molecule has 0 unspecified atom stereocenters. The van der Waals surface area contributed by atoms with Gasteiger partial charge in [0.2, 0.25) is 5.91 Å². The topological polar surface area (TPSA) is 38.8 Å². The molecule has 4 nitrogen and oxygen atoms in total. The van der Waals surface area contributed by atoms with Gasteiger partial charge >= 0.3 is 0 Å². The molecule has 4 heteroatoms. The molecule has 0 bridgehead atoms. The van der Waals surface area contributed by atoms with Gasteiger partial charge in [0.05, 0.1) is 19.8 Å². The van der Waals surface area contributed by atoms with Gasteiger partial charge in [-0.15, -0.1) is 0 Å². The maximum absolute atomic E-state index is 11.9. The molecule has 0 spiro atoms. The second kappa shape index (κ2) is 8.63. The predicted molar refractivity (Wildman–Crippen MR) is 82.8 cm³/mol. The molecule has 0 atom stereocenters. The summed E-state index contributed by atoms with van der Waals surface area (Å²) in [6.45, 7) is 15.5. The Hall–Kier alpha value is -0.610. The maximum atomic E-state index is 11.9. The van der Waals surface area contributed by atoms with Crippen LogP contribution in [0.2, 0.25) is 0 Å². The largest absolute Gasteiger partial charge is 0.379 e. The van der Waals surface area contributed by atoms with Gasteiger partial charge in [-0.1, -0.05) is 41.5 Å². The van der Waals surface area contributed by atoms with Crippen molar-refractivity contribution in [2.75, 3.05) is 40.0 Å². The van der Waals surface area contributed by atoms with E-state index >= 15 is 0 Å². The lowest BCUT2D eigenvalue weighted by atomic mass is 9.93. The van der Waals surface area contributed by atoms with E-state index in [1.807, 2.05) is 27.8 Å². The van der Waals surface area contributed by atoms with Gasteiger partial charge in [-0.2, -0.15) is 0 Å². The van der Waals surface area contributed by atoms with Crippen LogP contribution in [0.1, 0.15) is 48.0 Å². The number of hydrogen-bond donors (Lipinski definition) is 0. The molecule has 0 fully saturated rings. The molecule has 0 aliphatic heterocycles. The zero-order valence-corrected chi connectivity index (χ0v) is 14.4. The highest BCUT2D eigenvalue weighted by Gasteiger charge is 2.24. The summed E-state index contributed by atoms with van der Waals surface area (Å²) in [5.41, 5.74) is -0.0122. The molecule has 0 aliphatic rings. The van der Waals surface area contributed by atoms with Gasteiger partial charge in [0.25, 0.3) is 0 Å². The first-order valence-corrected chi connectivity index (χ1v) is 7.45. The monoisotopic (exact) mass is 287 g/mol. The number of likely N-dealkylation sites (N-methyl/N-ethyl adjacent to an activating group) is 1. The fourth-order valence-electron chi connectivity index (χ4n) is 1.58. The molecule has 0 aromatic rings. The van der Waals surface area contributed by atoms with Crippen LogP contribution in [0.3, 0.4) is 0 Å². The summed E-state index contributed by atoms with van der Waals surface area (Å²) in [5, 5.41) is 0. The van der Waals surface area contributed by atoms with Crippen LogP contribution >= 0.6 is 0 Å². The summed E-state index contributed by atoms with van der Waals surface area (Å²) < 4.78 is 11.0. The molecule has 20 heavy (non-hydrogen) atoms. The summed E-state index contributed by atoms with van der Waals surface area (Å²) in [6.07, 6.45) is 1.05. The summed E-state index contributed by atoms with van der Waals surface area (Å²) in [6, 6.07) is 0. The zero-order chi connectivity index (χ0) is 15.8. The highest BCUT2D eigenvalue weighted by atomic mass is 16.5. The van der Waals surface area contributed by atoms with Crippen LogP contribution in [0, 0.1) is 10.8 Å². The number of carbonyl (C=O) groups is 1. The van der Waals surface area contributed by atoms with Crippen molar-refractivity contribution < 1.29 is 14.3 Å². The Morgan fingerprint density at radius 1 is 0.900 bits per heavy atom. The minimum absolute atomic E-state index is 0.141. The minimum Gasteiger partial charge on any atom is -0.379 e. The van der Waals surface area contributed by atoms with Crippen LogP contribution in [0.25, 0.3) is 0 Å². The zero-order valence-electron chi connectivity index (χ0n) is 14.4. The van der Waals surface area contributed by atoms with Gasteiger partial charge in [0.15, 0.2) is 0 Å². The molecular formula is C16H33NO3. The van der Waals surface area contributed by atoms with Gasteiger partial charge in [0, 0.05) is 25.6 Å². The summed E-state index contributed by atoms with van der Waals surface area (Å²) in [7, 11) is 1.82. The van der Waals surface area contributed by atoms with Crippen LogP contribution in [0.4, 0.5) is 0 Å². The summed E-state index contributed by atoms with van der Waals surface area (Å²) in [4.78, 5) is 13.6. The lowest BCUT2D eigenvalue weighted by Gasteiger charge is -2.25. The van der Waals surface area contributed by atoms with E-state index < -0.39 is 0 Å². The molecule has 0 saturated carbocycles. The van der Waals surface area contributed by atoms with Crippen LogP contribution < -0.4 is 0 Å². The molecule has 0 radical (unpaired) electrons. The average molecular weight is 287 g/mol. The van der Waals surface area contributed by atoms with Crippen molar-refractivity contribution in [1.29, 1.82) is 0 Å². The van der Waals surface area contributed by atoms with Crippen molar-refractivity contribution in [3.63, 3.8) is 0 Å². The number of amides is 1. The Morgan fingerprint density at radius 3 is 1.85 bits per heavy atom. The SMILES string of the molecule is CN(CCOCCOCCC(C)(C)C)C(=O)C(C)(C)C. The van der Waals surface area contributed by atoms with Crippen LogP contribution in [-0.2, 0) is 14.3 Å².